The van der Waals surface area contributed by atoms with Crippen molar-refractivity contribution in [2.24, 2.45) is 10.6 Å². The molecule has 0 atom stereocenters. The summed E-state index contributed by atoms with van der Waals surface area (Å²) in [5.41, 5.74) is 2.48. The number of benzene rings is 1. The van der Waals surface area contributed by atoms with Crippen molar-refractivity contribution in [1.82, 2.24) is 19.9 Å². The molecule has 30 heavy (non-hydrogen) atoms. The molecular weight excluding hydrogens is 407 g/mol. The Hall–Kier alpha value is -2.71. The second kappa shape index (κ2) is 8.97. The van der Waals surface area contributed by atoms with Crippen molar-refractivity contribution in [1.29, 1.82) is 0 Å². The highest BCUT2D eigenvalue weighted by Gasteiger charge is 2.16. The summed E-state index contributed by atoms with van der Waals surface area (Å²) in [6.07, 6.45) is 2.33. The monoisotopic (exact) mass is 432 g/mol. The number of anilines is 1. The molecule has 3 rings (SSSR count). The molecule has 0 aliphatic rings. The van der Waals surface area contributed by atoms with Crippen LogP contribution in [0.25, 0.3) is 11.2 Å². The van der Waals surface area contributed by atoms with E-state index in [-0.39, 0.29) is 16.3 Å². The van der Waals surface area contributed by atoms with Crippen molar-refractivity contribution in [3.05, 3.63) is 52.7 Å². The Morgan fingerprint density at radius 2 is 2.10 bits per heavy atom. The lowest BCUT2D eigenvalue weighted by atomic mass is 9.96. The Morgan fingerprint density at radius 1 is 1.33 bits per heavy atom. The van der Waals surface area contributed by atoms with E-state index in [9.17, 15) is 9.60 Å². The number of nitrogens with one attached hydrogen (secondary N) is 2. The number of amidine groups is 1. The van der Waals surface area contributed by atoms with E-state index < -0.39 is 5.82 Å². The number of aromatic amines is 1. The predicted molar refractivity (Wildman–Crippen MR) is 118 cm³/mol. The van der Waals surface area contributed by atoms with Crippen LogP contribution in [0.3, 0.4) is 0 Å². The number of nitrogens with zero attached hydrogens (tertiary/aromatic N) is 4. The van der Waals surface area contributed by atoms with Gasteiger partial charge in [0.05, 0.1) is 10.5 Å². The molecule has 0 saturated carbocycles. The molecule has 3 N–H and O–H groups in total. The number of H-pyrrole nitrogens is 1. The molecule has 2 heterocycles. The van der Waals surface area contributed by atoms with Gasteiger partial charge in [-0.15, -0.1) is 0 Å². The summed E-state index contributed by atoms with van der Waals surface area (Å²) >= 11 is 5.84. The summed E-state index contributed by atoms with van der Waals surface area (Å²) in [5, 5.41) is 15.9. The zero-order chi connectivity index (χ0) is 21.9. The fraction of sp³-hybridized carbons (Fsp3) is 0.381. The Labute approximate surface area is 180 Å². The van der Waals surface area contributed by atoms with Crippen LogP contribution in [0.1, 0.15) is 32.2 Å². The van der Waals surface area contributed by atoms with Gasteiger partial charge >= 0.3 is 0 Å². The van der Waals surface area contributed by atoms with Gasteiger partial charge in [0.1, 0.15) is 11.6 Å². The molecule has 2 aromatic heterocycles. The zero-order valence-corrected chi connectivity index (χ0v) is 18.3. The van der Waals surface area contributed by atoms with E-state index in [1.807, 2.05) is 0 Å². The summed E-state index contributed by atoms with van der Waals surface area (Å²) in [7, 11) is 2.09. The van der Waals surface area contributed by atoms with Crippen molar-refractivity contribution in [2.45, 2.75) is 27.2 Å². The minimum Gasteiger partial charge on any atom is -0.409 e. The number of hydrogen-bond donors (Lipinski definition) is 3. The van der Waals surface area contributed by atoms with Gasteiger partial charge in [-0.25, -0.2) is 14.4 Å². The number of pyridine rings is 1. The molecular formula is C21H26ClFN6O. The van der Waals surface area contributed by atoms with Crippen molar-refractivity contribution in [3.63, 3.8) is 0 Å². The number of halogens is 2. The van der Waals surface area contributed by atoms with Crippen molar-refractivity contribution in [3.8, 4) is 0 Å². The molecule has 3 aromatic rings. The quantitative estimate of drug-likeness (QED) is 0.230. The van der Waals surface area contributed by atoms with Crippen LogP contribution < -0.4 is 5.32 Å². The lowest BCUT2D eigenvalue weighted by Gasteiger charge is -2.26. The van der Waals surface area contributed by atoms with Gasteiger partial charge < -0.3 is 20.4 Å². The van der Waals surface area contributed by atoms with Crippen LogP contribution in [0.5, 0.6) is 0 Å². The fourth-order valence-corrected chi connectivity index (χ4v) is 3.50. The molecule has 0 unspecified atom stereocenters. The fourth-order valence-electron chi connectivity index (χ4n) is 3.32. The summed E-state index contributed by atoms with van der Waals surface area (Å²) in [5.74, 6) is 0.448. The van der Waals surface area contributed by atoms with Gasteiger partial charge in [0.2, 0.25) is 0 Å². The van der Waals surface area contributed by atoms with E-state index in [2.05, 4.69) is 58.1 Å². The maximum Gasteiger partial charge on any atom is 0.179 e. The first-order valence-electron chi connectivity index (χ1n) is 9.63. The molecule has 0 aliphatic carbocycles. The number of rotatable bonds is 6. The number of likely N-dealkylation sites (N-methyl/N-ethyl adjacent to an activating group) is 1. The number of hydrogen-bond acceptors (Lipinski definition) is 5. The SMILES string of the molecule is CN(CCc1nc2nccc(/C(=N/O)Nc3ccc(F)c(Cl)c3)c2[nH]1)CC(C)(C)C. The lowest BCUT2D eigenvalue weighted by molar-refractivity contribution is 0.228. The smallest absolute Gasteiger partial charge is 0.179 e. The highest BCUT2D eigenvalue weighted by Crippen LogP contribution is 2.22. The summed E-state index contributed by atoms with van der Waals surface area (Å²) < 4.78 is 13.4. The Balaban J connectivity index is 1.81. The second-order valence-corrected chi connectivity index (χ2v) is 8.90. The van der Waals surface area contributed by atoms with Crippen LogP contribution in [0.15, 0.2) is 35.6 Å². The number of aromatic nitrogens is 3. The van der Waals surface area contributed by atoms with Gasteiger partial charge in [0, 0.05) is 37.0 Å². The minimum absolute atomic E-state index is 0.0274. The van der Waals surface area contributed by atoms with Gasteiger partial charge in [-0.05, 0) is 36.7 Å². The van der Waals surface area contributed by atoms with E-state index >= 15 is 0 Å². The Morgan fingerprint density at radius 3 is 2.77 bits per heavy atom. The molecule has 9 heteroatoms. The van der Waals surface area contributed by atoms with Crippen molar-refractivity contribution < 1.29 is 9.60 Å². The highest BCUT2D eigenvalue weighted by molar-refractivity contribution is 6.31. The van der Waals surface area contributed by atoms with Crippen molar-refractivity contribution in [2.75, 3.05) is 25.5 Å². The molecule has 7 nitrogen and oxygen atoms in total. The average molecular weight is 433 g/mol. The van der Waals surface area contributed by atoms with Crippen LogP contribution in [0, 0.1) is 11.2 Å². The number of oxime groups is 1. The Kier molecular flexibility index (Phi) is 6.58. The van der Waals surface area contributed by atoms with E-state index in [1.165, 1.54) is 18.2 Å². The van der Waals surface area contributed by atoms with Crippen LogP contribution >= 0.6 is 11.6 Å². The highest BCUT2D eigenvalue weighted by atomic mass is 35.5. The van der Waals surface area contributed by atoms with E-state index in [4.69, 9.17) is 11.6 Å². The normalized spacial score (nSPS) is 12.7. The van der Waals surface area contributed by atoms with E-state index in [0.29, 0.717) is 22.4 Å². The largest absolute Gasteiger partial charge is 0.409 e. The second-order valence-electron chi connectivity index (χ2n) is 8.49. The molecule has 1 aromatic carbocycles. The molecule has 0 spiro atoms. The number of imidazole rings is 1. The van der Waals surface area contributed by atoms with E-state index in [1.54, 1.807) is 12.3 Å². The molecule has 0 bridgehead atoms. The van der Waals surface area contributed by atoms with Crippen molar-refractivity contribution >= 4 is 34.3 Å². The third-order valence-electron chi connectivity index (χ3n) is 4.45. The molecule has 0 amide bonds. The van der Waals surface area contributed by atoms with Crippen LogP contribution in [0.2, 0.25) is 5.02 Å². The first-order valence-corrected chi connectivity index (χ1v) is 10.0. The van der Waals surface area contributed by atoms with Crippen LogP contribution in [0.4, 0.5) is 10.1 Å². The van der Waals surface area contributed by atoms with Gasteiger partial charge in [-0.3, -0.25) is 0 Å². The average Bonchev–Trinajstić information content (AvgIpc) is 3.09. The standard InChI is InChI=1S/C21H26ClFN6O/c1-21(2,3)12-29(4)10-8-17-26-18-14(7-9-24-20(18)27-17)19(28-30)25-13-5-6-16(23)15(22)11-13/h5-7,9,11,30H,8,10,12H2,1-4H3,(H,25,28)(H,24,26,27). The van der Waals surface area contributed by atoms with Gasteiger partial charge in [0.15, 0.2) is 11.5 Å². The molecule has 160 valence electrons. The predicted octanol–water partition coefficient (Wildman–Crippen LogP) is 4.52. The first-order chi connectivity index (χ1) is 14.2. The third kappa shape index (κ3) is 5.46. The summed E-state index contributed by atoms with van der Waals surface area (Å²) in [4.78, 5) is 14.4. The van der Waals surface area contributed by atoms with Gasteiger partial charge in [-0.1, -0.05) is 37.5 Å². The third-order valence-corrected chi connectivity index (χ3v) is 4.74. The number of fused-ring (bicyclic) bond motifs is 1. The lowest BCUT2D eigenvalue weighted by Crippen LogP contribution is -2.31. The Bertz CT molecular complexity index is 1060. The van der Waals surface area contributed by atoms with Gasteiger partial charge in [0.25, 0.3) is 0 Å². The van der Waals surface area contributed by atoms with Crippen LogP contribution in [-0.4, -0.2) is 51.0 Å². The van der Waals surface area contributed by atoms with E-state index in [0.717, 1.165) is 25.3 Å². The molecule has 0 fully saturated rings. The zero-order valence-electron chi connectivity index (χ0n) is 17.5. The molecule has 0 radical (unpaired) electrons. The first kappa shape index (κ1) is 22.0. The minimum atomic E-state index is -0.523. The van der Waals surface area contributed by atoms with Gasteiger partial charge in [-0.2, -0.15) is 0 Å². The molecule has 0 saturated heterocycles. The topological polar surface area (TPSA) is 89.4 Å². The maximum absolute atomic E-state index is 13.4. The summed E-state index contributed by atoms with van der Waals surface area (Å²) in [6.45, 7) is 8.44. The van der Waals surface area contributed by atoms with Crippen LogP contribution in [-0.2, 0) is 6.42 Å². The molecule has 0 aliphatic heterocycles. The summed E-state index contributed by atoms with van der Waals surface area (Å²) in [6, 6.07) is 5.88. The maximum atomic E-state index is 13.4.